The van der Waals surface area contributed by atoms with Crippen LogP contribution in [0.1, 0.15) is 16.1 Å². The van der Waals surface area contributed by atoms with Crippen molar-refractivity contribution >= 4 is 28.0 Å². The molecule has 6 rings (SSSR count). The lowest BCUT2D eigenvalue weighted by molar-refractivity contribution is 0.102. The molecule has 0 fully saturated rings. The van der Waals surface area contributed by atoms with Gasteiger partial charge in [0, 0.05) is 27.6 Å². The molecule has 0 aliphatic heterocycles. The number of fused-ring (bicyclic) bond motifs is 3. The highest BCUT2D eigenvalue weighted by atomic mass is 16.5. The van der Waals surface area contributed by atoms with E-state index in [4.69, 9.17) is 9.84 Å². The number of carbonyl (C=O) groups excluding carboxylic acids is 1. The molecule has 0 atom stereocenters. The van der Waals surface area contributed by atoms with Crippen molar-refractivity contribution in [1.82, 2.24) is 19.8 Å². The van der Waals surface area contributed by atoms with E-state index in [2.05, 4.69) is 15.5 Å². The molecule has 7 nitrogen and oxygen atoms in total. The third-order valence-electron chi connectivity index (χ3n) is 5.92. The van der Waals surface area contributed by atoms with E-state index in [1.54, 1.807) is 28.8 Å². The monoisotopic (exact) mass is 471 g/mol. The maximum atomic E-state index is 12.9. The Hall–Kier alpha value is -5.04. The van der Waals surface area contributed by atoms with Crippen LogP contribution in [-0.2, 0) is 0 Å². The highest BCUT2D eigenvalue weighted by Crippen LogP contribution is 2.27. The number of para-hydroxylation sites is 1. The van der Waals surface area contributed by atoms with E-state index in [1.165, 1.54) is 0 Å². The zero-order chi connectivity index (χ0) is 24.5. The fourth-order valence-electron chi connectivity index (χ4n) is 4.16. The van der Waals surface area contributed by atoms with E-state index in [0.29, 0.717) is 28.5 Å². The zero-order valence-corrected chi connectivity index (χ0v) is 19.4. The van der Waals surface area contributed by atoms with Crippen LogP contribution in [0.15, 0.2) is 103 Å². The maximum Gasteiger partial charge on any atom is 0.255 e. The molecule has 4 aromatic carbocycles. The first-order valence-electron chi connectivity index (χ1n) is 11.5. The first kappa shape index (κ1) is 21.5. The number of aryl methyl sites for hydroxylation is 1. The molecule has 0 aliphatic rings. The summed E-state index contributed by atoms with van der Waals surface area (Å²) in [6.07, 6.45) is 0. The molecular weight excluding hydrogens is 450 g/mol. The fraction of sp³-hybridized carbons (Fsp3) is 0.0345. The Labute approximate surface area is 207 Å². The Morgan fingerprint density at radius 3 is 2.31 bits per heavy atom. The third-order valence-corrected chi connectivity index (χ3v) is 5.92. The molecule has 0 radical (unpaired) electrons. The van der Waals surface area contributed by atoms with Gasteiger partial charge in [-0.05, 0) is 55.5 Å². The van der Waals surface area contributed by atoms with Crippen molar-refractivity contribution in [2.75, 3.05) is 5.32 Å². The molecule has 0 saturated heterocycles. The lowest BCUT2D eigenvalue weighted by Gasteiger charge is -2.09. The Bertz CT molecular complexity index is 1710. The van der Waals surface area contributed by atoms with E-state index in [9.17, 15) is 4.79 Å². The van der Waals surface area contributed by atoms with Crippen LogP contribution in [0.2, 0.25) is 0 Å². The van der Waals surface area contributed by atoms with Crippen LogP contribution in [0.5, 0.6) is 11.5 Å². The zero-order valence-electron chi connectivity index (χ0n) is 19.4. The van der Waals surface area contributed by atoms with E-state index in [1.807, 2.05) is 85.8 Å². The summed E-state index contributed by atoms with van der Waals surface area (Å²) >= 11 is 0. The number of rotatable bonds is 5. The molecular formula is C29H21N5O2. The van der Waals surface area contributed by atoms with Gasteiger partial charge in [0.25, 0.3) is 5.91 Å². The number of ether oxygens (including phenoxy) is 1. The van der Waals surface area contributed by atoms with Crippen LogP contribution in [-0.4, -0.2) is 25.7 Å². The second-order valence-corrected chi connectivity index (χ2v) is 8.36. The fourth-order valence-corrected chi connectivity index (χ4v) is 4.16. The molecule has 1 N–H and O–H groups in total. The van der Waals surface area contributed by atoms with Gasteiger partial charge in [0.05, 0.1) is 5.69 Å². The van der Waals surface area contributed by atoms with Gasteiger partial charge in [0.1, 0.15) is 11.5 Å². The number of nitrogens with one attached hydrogen (secondary N) is 1. The number of anilines is 1. The maximum absolute atomic E-state index is 12.9. The number of benzene rings is 4. The number of aromatic nitrogens is 4. The molecule has 0 bridgehead atoms. The van der Waals surface area contributed by atoms with E-state index >= 15 is 0 Å². The normalized spacial score (nSPS) is 11.0. The van der Waals surface area contributed by atoms with Gasteiger partial charge in [0.2, 0.25) is 0 Å². The molecule has 7 heteroatoms. The van der Waals surface area contributed by atoms with Crippen molar-refractivity contribution in [3.63, 3.8) is 0 Å². The van der Waals surface area contributed by atoms with Crippen molar-refractivity contribution in [1.29, 1.82) is 0 Å². The molecule has 1 amide bonds. The molecule has 2 heterocycles. The van der Waals surface area contributed by atoms with E-state index in [0.717, 1.165) is 27.8 Å². The average molecular weight is 472 g/mol. The van der Waals surface area contributed by atoms with Crippen molar-refractivity contribution in [2.45, 2.75) is 6.92 Å². The number of nitrogens with zero attached hydrogens (tertiary/aromatic N) is 4. The van der Waals surface area contributed by atoms with Crippen LogP contribution >= 0.6 is 0 Å². The van der Waals surface area contributed by atoms with Gasteiger partial charge in [-0.3, -0.25) is 4.79 Å². The molecule has 6 aromatic rings. The summed E-state index contributed by atoms with van der Waals surface area (Å²) < 4.78 is 7.56. The standard InChI is InChI=1S/C29H21N5O2/c1-19-25-12-5-6-13-26(25)28-32-31-27(34(28)33-19)21-8-7-9-22(18-21)30-29(35)20-14-16-24(17-15-20)36-23-10-3-2-4-11-23/h2-18H,1H3,(H,30,35). The van der Waals surface area contributed by atoms with Gasteiger partial charge in [-0.25, -0.2) is 0 Å². The summed E-state index contributed by atoms with van der Waals surface area (Å²) in [6, 6.07) is 32.1. The first-order chi connectivity index (χ1) is 17.7. The van der Waals surface area contributed by atoms with Crippen LogP contribution in [0.4, 0.5) is 5.69 Å². The topological polar surface area (TPSA) is 81.4 Å². The lowest BCUT2D eigenvalue weighted by Crippen LogP contribution is -2.11. The first-order valence-corrected chi connectivity index (χ1v) is 11.5. The summed E-state index contributed by atoms with van der Waals surface area (Å²) in [4.78, 5) is 12.9. The highest BCUT2D eigenvalue weighted by Gasteiger charge is 2.15. The molecule has 0 spiro atoms. The Kier molecular flexibility index (Phi) is 5.35. The summed E-state index contributed by atoms with van der Waals surface area (Å²) in [7, 11) is 0. The Morgan fingerprint density at radius 1 is 0.778 bits per heavy atom. The van der Waals surface area contributed by atoms with Gasteiger partial charge < -0.3 is 10.1 Å². The van der Waals surface area contributed by atoms with Crippen molar-refractivity contribution in [2.24, 2.45) is 0 Å². The second kappa shape index (κ2) is 8.96. The largest absolute Gasteiger partial charge is 0.457 e. The SMILES string of the molecule is Cc1nn2c(-c3cccc(NC(=O)c4ccc(Oc5ccccc5)cc4)c3)nnc2c2ccccc12. The van der Waals surface area contributed by atoms with Crippen molar-refractivity contribution in [3.8, 4) is 22.9 Å². The Morgan fingerprint density at radius 2 is 1.50 bits per heavy atom. The molecule has 174 valence electrons. The van der Waals surface area contributed by atoms with Crippen LogP contribution in [0.25, 0.3) is 27.8 Å². The number of hydrogen-bond donors (Lipinski definition) is 1. The van der Waals surface area contributed by atoms with E-state index < -0.39 is 0 Å². The predicted molar refractivity (Wildman–Crippen MR) is 139 cm³/mol. The minimum absolute atomic E-state index is 0.218. The Balaban J connectivity index is 1.24. The number of hydrogen-bond acceptors (Lipinski definition) is 5. The third kappa shape index (κ3) is 4.03. The second-order valence-electron chi connectivity index (χ2n) is 8.36. The number of amides is 1. The van der Waals surface area contributed by atoms with Crippen LogP contribution in [0, 0.1) is 6.92 Å². The summed E-state index contributed by atoms with van der Waals surface area (Å²) in [5.41, 5.74) is 3.56. The van der Waals surface area contributed by atoms with Crippen LogP contribution in [0.3, 0.4) is 0 Å². The summed E-state index contributed by atoms with van der Waals surface area (Å²) in [5, 5.41) is 18.5. The molecule has 0 aliphatic carbocycles. The molecule has 0 unspecified atom stereocenters. The van der Waals surface area contributed by atoms with Crippen molar-refractivity contribution in [3.05, 3.63) is 114 Å². The molecule has 36 heavy (non-hydrogen) atoms. The molecule has 2 aromatic heterocycles. The summed E-state index contributed by atoms with van der Waals surface area (Å²) in [6.45, 7) is 1.97. The summed E-state index contributed by atoms with van der Waals surface area (Å²) in [5.74, 6) is 1.79. The van der Waals surface area contributed by atoms with E-state index in [-0.39, 0.29) is 5.91 Å². The minimum Gasteiger partial charge on any atom is -0.457 e. The van der Waals surface area contributed by atoms with Gasteiger partial charge in [-0.15, -0.1) is 10.2 Å². The smallest absolute Gasteiger partial charge is 0.255 e. The average Bonchev–Trinajstić information content (AvgIpc) is 3.34. The minimum atomic E-state index is -0.218. The van der Waals surface area contributed by atoms with Crippen LogP contribution < -0.4 is 10.1 Å². The lowest BCUT2D eigenvalue weighted by atomic mass is 10.1. The van der Waals surface area contributed by atoms with Gasteiger partial charge in [0.15, 0.2) is 11.5 Å². The van der Waals surface area contributed by atoms with Gasteiger partial charge >= 0.3 is 0 Å². The highest BCUT2D eigenvalue weighted by molar-refractivity contribution is 6.04. The van der Waals surface area contributed by atoms with Gasteiger partial charge in [-0.1, -0.05) is 54.6 Å². The van der Waals surface area contributed by atoms with Crippen molar-refractivity contribution < 1.29 is 9.53 Å². The quantitative estimate of drug-likeness (QED) is 0.319. The van der Waals surface area contributed by atoms with Gasteiger partial charge in [-0.2, -0.15) is 9.61 Å². The molecule has 0 saturated carbocycles. The number of carbonyl (C=O) groups is 1. The predicted octanol–water partition coefficient (Wildman–Crippen LogP) is 6.30.